The summed E-state index contributed by atoms with van der Waals surface area (Å²) in [5, 5.41) is 4.97. The van der Waals surface area contributed by atoms with Gasteiger partial charge >= 0.3 is 0 Å². The van der Waals surface area contributed by atoms with Crippen molar-refractivity contribution in [3.63, 3.8) is 0 Å². The Hall–Kier alpha value is -8.26. The van der Waals surface area contributed by atoms with E-state index >= 15 is 0 Å². The van der Waals surface area contributed by atoms with E-state index in [2.05, 4.69) is 266 Å². The number of benzene rings is 11. The molecule has 0 N–H and O–H groups in total. The van der Waals surface area contributed by atoms with Crippen molar-refractivity contribution in [2.45, 2.75) is 0 Å². The molecule has 0 aliphatic rings. The van der Waals surface area contributed by atoms with Crippen LogP contribution in [-0.4, -0.2) is 0 Å². The Balaban J connectivity index is 1.06. The smallest absolute Gasteiger partial charge is 0.0540 e. The van der Waals surface area contributed by atoms with Gasteiger partial charge in [0.05, 0.1) is 5.69 Å². The van der Waals surface area contributed by atoms with Crippen LogP contribution in [0.15, 0.2) is 261 Å². The molecule has 296 valence electrons. The average molecular weight is 802 g/mol. The van der Waals surface area contributed by atoms with Gasteiger partial charge in [-0.05, 0) is 131 Å². The first-order chi connectivity index (χ1) is 31.2. The SMILES string of the molecule is c1ccc(-c2ccc(-c3ccccc3)c(-c3ccccc3-c3ccccc3N(c3ccc(-c4ccc5ccccc5c4)cc3)c3ccc(-c4ccc5ccccc5c4)cc3)c2)cc1. The van der Waals surface area contributed by atoms with Gasteiger partial charge in [-0.15, -0.1) is 0 Å². The van der Waals surface area contributed by atoms with Crippen molar-refractivity contribution in [2.24, 2.45) is 0 Å². The van der Waals surface area contributed by atoms with Gasteiger partial charge in [-0.1, -0.05) is 212 Å². The summed E-state index contributed by atoms with van der Waals surface area (Å²) in [5.41, 5.74) is 17.5. The number of hydrogen-bond acceptors (Lipinski definition) is 1. The number of rotatable bonds is 9. The summed E-state index contributed by atoms with van der Waals surface area (Å²) in [6.07, 6.45) is 0. The molecule has 0 aromatic heterocycles. The molecule has 0 heterocycles. The van der Waals surface area contributed by atoms with Gasteiger partial charge in [0, 0.05) is 16.9 Å². The van der Waals surface area contributed by atoms with E-state index in [-0.39, 0.29) is 0 Å². The molecule has 0 saturated heterocycles. The van der Waals surface area contributed by atoms with Gasteiger partial charge in [-0.3, -0.25) is 0 Å². The summed E-state index contributed by atoms with van der Waals surface area (Å²) < 4.78 is 0. The van der Waals surface area contributed by atoms with Gasteiger partial charge in [0.25, 0.3) is 0 Å². The van der Waals surface area contributed by atoms with Crippen LogP contribution < -0.4 is 4.90 Å². The van der Waals surface area contributed by atoms with E-state index in [1.165, 1.54) is 82.7 Å². The second-order valence-electron chi connectivity index (χ2n) is 16.1. The van der Waals surface area contributed by atoms with Crippen LogP contribution in [0.25, 0.3) is 88.3 Å². The molecule has 0 aliphatic heterocycles. The number of hydrogen-bond donors (Lipinski definition) is 0. The number of anilines is 3. The first-order valence-corrected chi connectivity index (χ1v) is 21.7. The third-order valence-electron chi connectivity index (χ3n) is 12.3. The van der Waals surface area contributed by atoms with E-state index in [0.29, 0.717) is 0 Å². The quantitative estimate of drug-likeness (QED) is 0.141. The molecule has 0 bridgehead atoms. The van der Waals surface area contributed by atoms with Crippen LogP contribution in [0.5, 0.6) is 0 Å². The summed E-state index contributed by atoms with van der Waals surface area (Å²) in [6, 6.07) is 94.8. The van der Waals surface area contributed by atoms with E-state index < -0.39 is 0 Å². The zero-order chi connectivity index (χ0) is 42.0. The fraction of sp³-hybridized carbons (Fsp3) is 0. The zero-order valence-electron chi connectivity index (χ0n) is 34.8. The van der Waals surface area contributed by atoms with Crippen LogP contribution >= 0.6 is 0 Å². The van der Waals surface area contributed by atoms with Gasteiger partial charge in [-0.25, -0.2) is 0 Å². The summed E-state index contributed by atoms with van der Waals surface area (Å²) >= 11 is 0. The lowest BCUT2D eigenvalue weighted by Gasteiger charge is -2.29. The number of fused-ring (bicyclic) bond motifs is 2. The molecule has 0 unspecified atom stereocenters. The summed E-state index contributed by atoms with van der Waals surface area (Å²) in [5.74, 6) is 0. The highest BCUT2D eigenvalue weighted by molar-refractivity contribution is 5.99. The molecule has 0 spiro atoms. The number of para-hydroxylation sites is 1. The molecule has 0 radical (unpaired) electrons. The molecule has 11 aromatic carbocycles. The predicted molar refractivity (Wildman–Crippen MR) is 269 cm³/mol. The van der Waals surface area contributed by atoms with Crippen molar-refractivity contribution in [3.05, 3.63) is 261 Å². The molecule has 11 rings (SSSR count). The van der Waals surface area contributed by atoms with Crippen molar-refractivity contribution in [2.75, 3.05) is 4.90 Å². The molecule has 63 heavy (non-hydrogen) atoms. The Morgan fingerprint density at radius 3 is 1.13 bits per heavy atom. The Bertz CT molecular complexity index is 3240. The van der Waals surface area contributed by atoms with Gasteiger partial charge in [0.2, 0.25) is 0 Å². The first kappa shape index (κ1) is 37.7. The van der Waals surface area contributed by atoms with Crippen molar-refractivity contribution >= 4 is 38.6 Å². The van der Waals surface area contributed by atoms with Crippen LogP contribution in [0.3, 0.4) is 0 Å². The van der Waals surface area contributed by atoms with Crippen molar-refractivity contribution < 1.29 is 0 Å². The molecular weight excluding hydrogens is 759 g/mol. The van der Waals surface area contributed by atoms with Crippen LogP contribution in [0.1, 0.15) is 0 Å². The lowest BCUT2D eigenvalue weighted by Crippen LogP contribution is -2.11. The Labute approximate surface area is 369 Å². The Morgan fingerprint density at radius 1 is 0.190 bits per heavy atom. The molecule has 0 fully saturated rings. The highest BCUT2D eigenvalue weighted by Gasteiger charge is 2.21. The highest BCUT2D eigenvalue weighted by atomic mass is 15.1. The number of nitrogens with zero attached hydrogens (tertiary/aromatic N) is 1. The molecule has 0 amide bonds. The fourth-order valence-electron chi connectivity index (χ4n) is 9.07. The van der Waals surface area contributed by atoms with Crippen molar-refractivity contribution in [1.82, 2.24) is 0 Å². The minimum atomic E-state index is 1.08. The van der Waals surface area contributed by atoms with Crippen LogP contribution in [0.2, 0.25) is 0 Å². The van der Waals surface area contributed by atoms with Crippen LogP contribution in [-0.2, 0) is 0 Å². The first-order valence-electron chi connectivity index (χ1n) is 21.7. The lowest BCUT2D eigenvalue weighted by molar-refractivity contribution is 1.28. The Kier molecular flexibility index (Phi) is 9.97. The normalized spacial score (nSPS) is 11.2. The average Bonchev–Trinajstić information content (AvgIpc) is 3.37. The minimum absolute atomic E-state index is 1.08. The van der Waals surface area contributed by atoms with Crippen LogP contribution in [0.4, 0.5) is 17.1 Å². The largest absolute Gasteiger partial charge is 0.310 e. The second-order valence-corrected chi connectivity index (χ2v) is 16.1. The van der Waals surface area contributed by atoms with Gasteiger partial charge in [-0.2, -0.15) is 0 Å². The lowest BCUT2D eigenvalue weighted by atomic mass is 9.87. The molecule has 11 aromatic rings. The summed E-state index contributed by atoms with van der Waals surface area (Å²) in [6.45, 7) is 0. The third-order valence-corrected chi connectivity index (χ3v) is 12.3. The second kappa shape index (κ2) is 16.7. The molecule has 1 heteroatoms. The third kappa shape index (κ3) is 7.47. The molecule has 0 atom stereocenters. The molecule has 1 nitrogen and oxygen atoms in total. The molecule has 0 saturated carbocycles. The summed E-state index contributed by atoms with van der Waals surface area (Å²) in [7, 11) is 0. The summed E-state index contributed by atoms with van der Waals surface area (Å²) in [4.78, 5) is 2.42. The van der Waals surface area contributed by atoms with Gasteiger partial charge in [0.15, 0.2) is 0 Å². The van der Waals surface area contributed by atoms with Crippen molar-refractivity contribution in [3.8, 4) is 66.8 Å². The monoisotopic (exact) mass is 801 g/mol. The van der Waals surface area contributed by atoms with E-state index in [0.717, 1.165) is 22.6 Å². The van der Waals surface area contributed by atoms with Crippen molar-refractivity contribution in [1.29, 1.82) is 0 Å². The highest BCUT2D eigenvalue weighted by Crippen LogP contribution is 2.46. The van der Waals surface area contributed by atoms with E-state index in [1.54, 1.807) is 0 Å². The predicted octanol–water partition coefficient (Wildman–Crippen LogP) is 17.5. The maximum absolute atomic E-state index is 2.42. The Morgan fingerprint density at radius 2 is 0.571 bits per heavy atom. The van der Waals surface area contributed by atoms with E-state index in [1.807, 2.05) is 0 Å². The van der Waals surface area contributed by atoms with E-state index in [9.17, 15) is 0 Å². The zero-order valence-corrected chi connectivity index (χ0v) is 34.8. The van der Waals surface area contributed by atoms with Gasteiger partial charge in [0.1, 0.15) is 0 Å². The fourth-order valence-corrected chi connectivity index (χ4v) is 9.07. The standard InChI is InChI=1S/C62H43N/c1-3-15-44(16-4-1)54-35-40-57(49-19-5-2-6-20-49)61(43-54)59-24-12-11-23-58(59)60-25-13-14-26-62(60)63(55-36-31-47(32-37-55)52-29-27-45-17-7-9-21-50(45)41-52)56-38-33-48(34-39-56)53-30-28-46-18-8-10-22-51(46)42-53/h1-43H. The van der Waals surface area contributed by atoms with Gasteiger partial charge < -0.3 is 4.90 Å². The minimum Gasteiger partial charge on any atom is -0.310 e. The maximum atomic E-state index is 2.42. The van der Waals surface area contributed by atoms with E-state index in [4.69, 9.17) is 0 Å². The van der Waals surface area contributed by atoms with Crippen LogP contribution in [0, 0.1) is 0 Å². The molecular formula is C62H43N. The topological polar surface area (TPSA) is 3.24 Å². The maximum Gasteiger partial charge on any atom is 0.0540 e. The molecule has 0 aliphatic carbocycles.